The minimum Gasteiger partial charge on any atom is -0.395 e. The molecular formula is C22H26N2O2S. The summed E-state index contributed by atoms with van der Waals surface area (Å²) in [5, 5.41) is 23.3. The van der Waals surface area contributed by atoms with Gasteiger partial charge in [-0.05, 0) is 38.1 Å². The molecule has 142 valence electrons. The van der Waals surface area contributed by atoms with Crippen LogP contribution in [0.15, 0.2) is 42.5 Å². The number of aliphatic hydroxyl groups is 2. The van der Waals surface area contributed by atoms with Gasteiger partial charge in [0, 0.05) is 47.6 Å². The van der Waals surface area contributed by atoms with Gasteiger partial charge in [-0.3, -0.25) is 0 Å². The van der Waals surface area contributed by atoms with E-state index in [1.165, 1.54) is 10.6 Å². The van der Waals surface area contributed by atoms with Crippen molar-refractivity contribution < 1.29 is 10.2 Å². The number of benzene rings is 1. The molecule has 2 aromatic rings. The highest BCUT2D eigenvalue weighted by molar-refractivity contribution is 7.12. The van der Waals surface area contributed by atoms with Gasteiger partial charge in [0.1, 0.15) is 5.60 Å². The van der Waals surface area contributed by atoms with E-state index in [2.05, 4.69) is 52.4 Å². The van der Waals surface area contributed by atoms with Crippen molar-refractivity contribution in [3.63, 3.8) is 0 Å². The zero-order chi connectivity index (χ0) is 19.0. The second-order valence-corrected chi connectivity index (χ2v) is 9.13. The SMILES string of the molecule is CC(C)(O)C#Cc1ccc([C@H]2N[C@@H](CO)[C@H]3CN(c4ccccc4)C[C@H]32)s1. The zero-order valence-corrected chi connectivity index (χ0v) is 16.5. The topological polar surface area (TPSA) is 55.7 Å². The minimum atomic E-state index is -0.982. The number of hydrogen-bond donors (Lipinski definition) is 3. The number of hydrogen-bond acceptors (Lipinski definition) is 5. The zero-order valence-electron chi connectivity index (χ0n) is 15.7. The molecular weight excluding hydrogens is 356 g/mol. The molecule has 2 saturated heterocycles. The highest BCUT2D eigenvalue weighted by Crippen LogP contribution is 2.44. The van der Waals surface area contributed by atoms with Gasteiger partial charge < -0.3 is 20.4 Å². The minimum absolute atomic E-state index is 0.127. The van der Waals surface area contributed by atoms with Gasteiger partial charge in [0.2, 0.25) is 0 Å². The van der Waals surface area contributed by atoms with Gasteiger partial charge in [-0.15, -0.1) is 11.3 Å². The third kappa shape index (κ3) is 3.90. The first-order chi connectivity index (χ1) is 12.9. The number of nitrogens with zero attached hydrogens (tertiary/aromatic N) is 1. The molecule has 4 nitrogen and oxygen atoms in total. The molecule has 2 aliphatic rings. The molecule has 4 atom stereocenters. The highest BCUT2D eigenvalue weighted by atomic mass is 32.1. The van der Waals surface area contributed by atoms with Crippen LogP contribution in [0.25, 0.3) is 0 Å². The summed E-state index contributed by atoms with van der Waals surface area (Å²) in [6.07, 6.45) is 0. The van der Waals surface area contributed by atoms with Crippen LogP contribution >= 0.6 is 11.3 Å². The average Bonchev–Trinajstić information content (AvgIpc) is 3.35. The van der Waals surface area contributed by atoms with Gasteiger partial charge in [0.25, 0.3) is 0 Å². The molecule has 27 heavy (non-hydrogen) atoms. The fourth-order valence-electron chi connectivity index (χ4n) is 4.24. The Morgan fingerprint density at radius 1 is 1.15 bits per heavy atom. The van der Waals surface area contributed by atoms with Crippen molar-refractivity contribution in [3.05, 3.63) is 52.2 Å². The number of thiophene rings is 1. The van der Waals surface area contributed by atoms with Gasteiger partial charge in [0.15, 0.2) is 0 Å². The maximum atomic E-state index is 9.89. The first kappa shape index (κ1) is 18.5. The Morgan fingerprint density at radius 2 is 1.89 bits per heavy atom. The summed E-state index contributed by atoms with van der Waals surface area (Å²) in [6, 6.07) is 15.1. The van der Waals surface area contributed by atoms with Crippen molar-refractivity contribution in [1.82, 2.24) is 5.32 Å². The Balaban J connectivity index is 1.55. The normalized spacial score (nSPS) is 27.3. The van der Waals surface area contributed by atoms with E-state index in [0.29, 0.717) is 11.8 Å². The van der Waals surface area contributed by atoms with Crippen LogP contribution in [-0.2, 0) is 0 Å². The molecule has 1 aromatic heterocycles. The Bertz CT molecular complexity index is 846. The van der Waals surface area contributed by atoms with Crippen molar-refractivity contribution >= 4 is 17.0 Å². The number of nitrogens with one attached hydrogen (secondary N) is 1. The van der Waals surface area contributed by atoms with Crippen LogP contribution in [-0.4, -0.2) is 41.6 Å². The lowest BCUT2D eigenvalue weighted by molar-refractivity contribution is 0.143. The summed E-state index contributed by atoms with van der Waals surface area (Å²) >= 11 is 1.68. The Labute approximate surface area is 164 Å². The predicted molar refractivity (Wildman–Crippen MR) is 110 cm³/mol. The Morgan fingerprint density at radius 3 is 2.59 bits per heavy atom. The van der Waals surface area contributed by atoms with E-state index in [9.17, 15) is 10.2 Å². The number of aliphatic hydroxyl groups excluding tert-OH is 1. The second-order valence-electron chi connectivity index (χ2n) is 8.01. The number of fused-ring (bicyclic) bond motifs is 1. The largest absolute Gasteiger partial charge is 0.395 e. The van der Waals surface area contributed by atoms with Crippen molar-refractivity contribution in [2.45, 2.75) is 31.5 Å². The van der Waals surface area contributed by atoms with Crippen molar-refractivity contribution in [2.75, 3.05) is 24.6 Å². The van der Waals surface area contributed by atoms with Crippen LogP contribution in [0.4, 0.5) is 5.69 Å². The van der Waals surface area contributed by atoms with Crippen molar-refractivity contribution in [1.29, 1.82) is 0 Å². The van der Waals surface area contributed by atoms with E-state index < -0.39 is 5.60 Å². The Kier molecular flexibility index (Phi) is 5.00. The average molecular weight is 383 g/mol. The third-order valence-corrected chi connectivity index (χ3v) is 6.58. The van der Waals surface area contributed by atoms with Gasteiger partial charge in [0.05, 0.1) is 11.5 Å². The second kappa shape index (κ2) is 7.29. The molecule has 1 aromatic carbocycles. The van der Waals surface area contributed by atoms with Crippen molar-refractivity contribution in [2.24, 2.45) is 11.8 Å². The summed E-state index contributed by atoms with van der Waals surface area (Å²) in [5.41, 5.74) is 0.273. The van der Waals surface area contributed by atoms with E-state index >= 15 is 0 Å². The lowest BCUT2D eigenvalue weighted by Crippen LogP contribution is -2.36. The van der Waals surface area contributed by atoms with E-state index in [1.807, 2.05) is 12.1 Å². The van der Waals surface area contributed by atoms with E-state index in [1.54, 1.807) is 25.2 Å². The van der Waals surface area contributed by atoms with E-state index in [4.69, 9.17) is 0 Å². The first-order valence-electron chi connectivity index (χ1n) is 9.47. The molecule has 5 heteroatoms. The fourth-order valence-corrected chi connectivity index (χ4v) is 5.24. The molecule has 0 amide bonds. The Hall–Kier alpha value is -1.84. The maximum absolute atomic E-state index is 9.89. The summed E-state index contributed by atoms with van der Waals surface area (Å²) in [6.45, 7) is 5.52. The number of para-hydroxylation sites is 1. The van der Waals surface area contributed by atoms with E-state index in [-0.39, 0.29) is 18.7 Å². The standard InChI is InChI=1S/C22H26N2O2S/c1-22(2,26)11-10-16-8-9-20(27-16)21-18-13-24(15-6-4-3-5-7-15)12-17(18)19(14-25)23-21/h3-9,17-19,21,23,25-26H,12-14H2,1-2H3/t17-,18+,19-,21-/m0/s1. The molecule has 0 radical (unpaired) electrons. The molecule has 0 bridgehead atoms. The van der Waals surface area contributed by atoms with Crippen LogP contribution < -0.4 is 10.2 Å². The van der Waals surface area contributed by atoms with Crippen LogP contribution in [0.3, 0.4) is 0 Å². The predicted octanol–water partition coefficient (Wildman–Crippen LogP) is 2.63. The van der Waals surface area contributed by atoms with Gasteiger partial charge >= 0.3 is 0 Å². The lowest BCUT2D eigenvalue weighted by atomic mass is 9.90. The summed E-state index contributed by atoms with van der Waals surface area (Å²) in [4.78, 5) is 4.67. The lowest BCUT2D eigenvalue weighted by Gasteiger charge is -2.23. The monoisotopic (exact) mass is 382 g/mol. The molecule has 0 saturated carbocycles. The van der Waals surface area contributed by atoms with Gasteiger partial charge in [-0.1, -0.05) is 30.0 Å². The quantitative estimate of drug-likeness (QED) is 0.715. The molecule has 4 rings (SSSR count). The summed E-state index contributed by atoms with van der Waals surface area (Å²) < 4.78 is 0. The maximum Gasteiger partial charge on any atom is 0.120 e. The van der Waals surface area contributed by atoms with Crippen molar-refractivity contribution in [3.8, 4) is 11.8 Å². The molecule has 0 aliphatic carbocycles. The molecule has 3 N–H and O–H groups in total. The number of anilines is 1. The third-order valence-electron chi connectivity index (χ3n) is 5.49. The molecule has 2 aliphatic heterocycles. The first-order valence-corrected chi connectivity index (χ1v) is 10.3. The highest BCUT2D eigenvalue weighted by Gasteiger charge is 2.48. The smallest absolute Gasteiger partial charge is 0.120 e. The number of rotatable bonds is 3. The molecule has 2 fully saturated rings. The summed E-state index contributed by atoms with van der Waals surface area (Å²) in [5.74, 6) is 6.87. The molecule has 3 heterocycles. The molecule has 0 spiro atoms. The van der Waals surface area contributed by atoms with Crippen LogP contribution in [0.5, 0.6) is 0 Å². The summed E-state index contributed by atoms with van der Waals surface area (Å²) in [7, 11) is 0. The van der Waals surface area contributed by atoms with E-state index in [0.717, 1.165) is 18.0 Å². The molecule has 0 unspecified atom stereocenters. The van der Waals surface area contributed by atoms with Crippen LogP contribution in [0, 0.1) is 23.7 Å². The van der Waals surface area contributed by atoms with Gasteiger partial charge in [-0.2, -0.15) is 0 Å². The van der Waals surface area contributed by atoms with Crippen LogP contribution in [0.2, 0.25) is 0 Å². The van der Waals surface area contributed by atoms with Crippen LogP contribution in [0.1, 0.15) is 29.6 Å². The fraction of sp³-hybridized carbons (Fsp3) is 0.455. The van der Waals surface area contributed by atoms with Gasteiger partial charge in [-0.25, -0.2) is 0 Å².